The number of morpholine rings is 1. The van der Waals surface area contributed by atoms with Crippen LogP contribution in [0, 0.1) is 17.8 Å². The highest BCUT2D eigenvalue weighted by Crippen LogP contribution is 2.38. The number of carbonyl (C=O) groups is 2. The van der Waals surface area contributed by atoms with E-state index in [0.29, 0.717) is 26.0 Å². The third-order valence-corrected chi connectivity index (χ3v) is 4.42. The Morgan fingerprint density at radius 1 is 1.25 bits per heavy atom. The zero-order chi connectivity index (χ0) is 14.9. The predicted octanol–water partition coefficient (Wildman–Crippen LogP) is 0.341. The number of nitrogens with zero attached hydrogens (tertiary/aromatic N) is 1. The van der Waals surface area contributed by atoms with Crippen molar-refractivity contribution >= 4 is 11.9 Å². The molecule has 2 N–H and O–H groups in total. The van der Waals surface area contributed by atoms with Crippen LogP contribution in [0.5, 0.6) is 0 Å². The van der Waals surface area contributed by atoms with Gasteiger partial charge in [-0.3, -0.25) is 9.59 Å². The molecule has 0 aromatic carbocycles. The van der Waals surface area contributed by atoms with E-state index in [4.69, 9.17) is 9.84 Å². The molecule has 2 rings (SSSR count). The Morgan fingerprint density at radius 3 is 2.50 bits per heavy atom. The first-order valence-corrected chi connectivity index (χ1v) is 7.19. The molecule has 20 heavy (non-hydrogen) atoms. The number of hydrogen-bond donors (Lipinski definition) is 2. The molecule has 0 aromatic heterocycles. The number of aliphatic hydroxyl groups is 1. The molecule has 5 atom stereocenters. The SMILES string of the molecule is CC1CC(C(=O)O)C(C(=O)N2CC(CO)OCC2C)C1. The molecule has 1 aliphatic carbocycles. The molecule has 114 valence electrons. The average molecular weight is 285 g/mol. The van der Waals surface area contributed by atoms with Gasteiger partial charge in [-0.2, -0.15) is 0 Å². The molecule has 0 aromatic rings. The van der Waals surface area contributed by atoms with E-state index in [1.54, 1.807) is 4.90 Å². The average Bonchev–Trinajstić information content (AvgIpc) is 2.81. The van der Waals surface area contributed by atoms with Gasteiger partial charge in [-0.25, -0.2) is 0 Å². The number of aliphatic hydroxyl groups excluding tert-OH is 1. The Kier molecular flexibility index (Phi) is 4.65. The zero-order valence-electron chi connectivity index (χ0n) is 12.0. The summed E-state index contributed by atoms with van der Waals surface area (Å²) >= 11 is 0. The number of rotatable bonds is 3. The summed E-state index contributed by atoms with van der Waals surface area (Å²) in [7, 11) is 0. The third-order valence-electron chi connectivity index (χ3n) is 4.42. The van der Waals surface area contributed by atoms with Crippen LogP contribution in [0.15, 0.2) is 0 Å². The van der Waals surface area contributed by atoms with Crippen molar-refractivity contribution in [1.82, 2.24) is 4.90 Å². The van der Waals surface area contributed by atoms with E-state index in [1.165, 1.54) is 0 Å². The smallest absolute Gasteiger partial charge is 0.307 e. The summed E-state index contributed by atoms with van der Waals surface area (Å²) < 4.78 is 5.42. The number of carboxylic acid groups (broad SMARTS) is 1. The van der Waals surface area contributed by atoms with E-state index in [2.05, 4.69) is 0 Å². The molecular weight excluding hydrogens is 262 g/mol. The van der Waals surface area contributed by atoms with Gasteiger partial charge in [0.25, 0.3) is 0 Å². The van der Waals surface area contributed by atoms with Crippen LogP contribution in [0.2, 0.25) is 0 Å². The Labute approximate surface area is 118 Å². The maximum Gasteiger partial charge on any atom is 0.307 e. The fourth-order valence-corrected chi connectivity index (χ4v) is 3.29. The van der Waals surface area contributed by atoms with Gasteiger partial charge in [-0.05, 0) is 25.7 Å². The van der Waals surface area contributed by atoms with Crippen LogP contribution >= 0.6 is 0 Å². The zero-order valence-corrected chi connectivity index (χ0v) is 12.0. The van der Waals surface area contributed by atoms with Crippen LogP contribution in [0.1, 0.15) is 26.7 Å². The molecule has 2 aliphatic rings. The van der Waals surface area contributed by atoms with Gasteiger partial charge in [0.2, 0.25) is 5.91 Å². The summed E-state index contributed by atoms with van der Waals surface area (Å²) in [6.45, 7) is 4.48. The molecular formula is C14H23NO5. The van der Waals surface area contributed by atoms with Gasteiger partial charge in [0.15, 0.2) is 0 Å². The van der Waals surface area contributed by atoms with E-state index in [9.17, 15) is 14.7 Å². The molecule has 1 aliphatic heterocycles. The first-order chi connectivity index (χ1) is 9.43. The summed E-state index contributed by atoms with van der Waals surface area (Å²) in [5.41, 5.74) is 0. The second-order valence-electron chi connectivity index (χ2n) is 6.11. The third kappa shape index (κ3) is 2.96. The standard InChI is InChI=1S/C14H23NO5/c1-8-3-11(12(4-8)14(18)19)13(17)15-5-10(6-16)20-7-9(15)2/h8-12,16H,3-7H2,1-2H3,(H,18,19). The molecule has 0 spiro atoms. The summed E-state index contributed by atoms with van der Waals surface area (Å²) in [4.78, 5) is 25.7. The molecule has 6 nitrogen and oxygen atoms in total. The number of carboxylic acids is 1. The van der Waals surface area contributed by atoms with Crippen LogP contribution in [0.25, 0.3) is 0 Å². The summed E-state index contributed by atoms with van der Waals surface area (Å²) in [6.07, 6.45) is 0.828. The van der Waals surface area contributed by atoms with Crippen LogP contribution in [0.4, 0.5) is 0 Å². The Bertz CT molecular complexity index is 386. The molecule has 1 saturated carbocycles. The van der Waals surface area contributed by atoms with Gasteiger partial charge in [0.1, 0.15) is 0 Å². The number of aliphatic carboxylic acids is 1. The maximum absolute atomic E-state index is 12.7. The van der Waals surface area contributed by atoms with Gasteiger partial charge in [-0.15, -0.1) is 0 Å². The van der Waals surface area contributed by atoms with E-state index in [-0.39, 0.29) is 30.6 Å². The number of ether oxygens (including phenoxy) is 1. The summed E-state index contributed by atoms with van der Waals surface area (Å²) in [5, 5.41) is 18.4. The molecule has 2 fully saturated rings. The highest BCUT2D eigenvalue weighted by atomic mass is 16.5. The minimum absolute atomic E-state index is 0.0735. The van der Waals surface area contributed by atoms with Crippen molar-refractivity contribution in [1.29, 1.82) is 0 Å². The van der Waals surface area contributed by atoms with Crippen molar-refractivity contribution < 1.29 is 24.5 Å². The van der Waals surface area contributed by atoms with Crippen molar-refractivity contribution in [3.8, 4) is 0 Å². The Morgan fingerprint density at radius 2 is 1.90 bits per heavy atom. The molecule has 1 amide bonds. The van der Waals surface area contributed by atoms with Crippen molar-refractivity contribution in [2.75, 3.05) is 19.8 Å². The highest BCUT2D eigenvalue weighted by Gasteiger charge is 2.44. The Hall–Kier alpha value is -1.14. The molecule has 5 unspecified atom stereocenters. The minimum atomic E-state index is -0.882. The van der Waals surface area contributed by atoms with Crippen LogP contribution in [-0.4, -0.2) is 58.9 Å². The first kappa shape index (κ1) is 15.3. The molecule has 0 radical (unpaired) electrons. The van der Waals surface area contributed by atoms with Crippen molar-refractivity contribution in [3.05, 3.63) is 0 Å². The number of carbonyl (C=O) groups excluding carboxylic acids is 1. The lowest BCUT2D eigenvalue weighted by Crippen LogP contribution is -2.54. The lowest BCUT2D eigenvalue weighted by atomic mass is 9.94. The fraction of sp³-hybridized carbons (Fsp3) is 0.857. The van der Waals surface area contributed by atoms with E-state index in [0.717, 1.165) is 0 Å². The van der Waals surface area contributed by atoms with Gasteiger partial charge in [-0.1, -0.05) is 6.92 Å². The van der Waals surface area contributed by atoms with E-state index in [1.807, 2.05) is 13.8 Å². The van der Waals surface area contributed by atoms with E-state index < -0.39 is 17.8 Å². The number of amides is 1. The monoisotopic (exact) mass is 285 g/mol. The second-order valence-corrected chi connectivity index (χ2v) is 6.11. The maximum atomic E-state index is 12.7. The largest absolute Gasteiger partial charge is 0.481 e. The minimum Gasteiger partial charge on any atom is -0.481 e. The van der Waals surface area contributed by atoms with Gasteiger partial charge in [0.05, 0.1) is 37.2 Å². The second kappa shape index (κ2) is 6.10. The molecule has 1 heterocycles. The highest BCUT2D eigenvalue weighted by molar-refractivity contribution is 5.85. The lowest BCUT2D eigenvalue weighted by Gasteiger charge is -2.39. The quantitative estimate of drug-likeness (QED) is 0.781. The molecule has 0 bridgehead atoms. The lowest BCUT2D eigenvalue weighted by molar-refractivity contribution is -0.156. The van der Waals surface area contributed by atoms with Crippen molar-refractivity contribution in [3.63, 3.8) is 0 Å². The topological polar surface area (TPSA) is 87.1 Å². The van der Waals surface area contributed by atoms with Gasteiger partial charge in [0, 0.05) is 6.54 Å². The van der Waals surface area contributed by atoms with Crippen LogP contribution < -0.4 is 0 Å². The normalized spacial score (nSPS) is 38.0. The summed E-state index contributed by atoms with van der Waals surface area (Å²) in [5.74, 6) is -1.75. The predicted molar refractivity (Wildman–Crippen MR) is 71.0 cm³/mol. The fourth-order valence-electron chi connectivity index (χ4n) is 3.29. The number of hydrogen-bond acceptors (Lipinski definition) is 4. The molecule has 6 heteroatoms. The van der Waals surface area contributed by atoms with Crippen molar-refractivity contribution in [2.24, 2.45) is 17.8 Å². The van der Waals surface area contributed by atoms with E-state index >= 15 is 0 Å². The van der Waals surface area contributed by atoms with Crippen molar-refractivity contribution in [2.45, 2.75) is 38.8 Å². The Balaban J connectivity index is 2.10. The van der Waals surface area contributed by atoms with Gasteiger partial charge < -0.3 is 19.8 Å². The first-order valence-electron chi connectivity index (χ1n) is 7.19. The van der Waals surface area contributed by atoms with Crippen LogP contribution in [-0.2, 0) is 14.3 Å². The molecule has 1 saturated heterocycles. The van der Waals surface area contributed by atoms with Crippen LogP contribution in [0.3, 0.4) is 0 Å². The summed E-state index contributed by atoms with van der Waals surface area (Å²) in [6, 6.07) is -0.0735. The van der Waals surface area contributed by atoms with Gasteiger partial charge >= 0.3 is 5.97 Å².